The van der Waals surface area contributed by atoms with E-state index in [9.17, 15) is 9.59 Å². The van der Waals surface area contributed by atoms with Gasteiger partial charge in [-0.05, 0) is 11.8 Å². The quantitative estimate of drug-likeness (QED) is 0.747. The molecule has 1 rings (SSSR count). The molecule has 0 amide bonds. The Labute approximate surface area is 106 Å². The molecule has 0 aliphatic carbocycles. The van der Waals surface area contributed by atoms with Crippen molar-refractivity contribution in [2.75, 3.05) is 17.6 Å². The molecule has 0 unspecified atom stereocenters. The van der Waals surface area contributed by atoms with Crippen molar-refractivity contribution in [2.24, 2.45) is 5.41 Å². The van der Waals surface area contributed by atoms with Crippen molar-refractivity contribution in [2.45, 2.75) is 40.7 Å². The van der Waals surface area contributed by atoms with E-state index < -0.39 is 11.2 Å². The normalized spacial score (nSPS) is 11.6. The fourth-order valence-corrected chi connectivity index (χ4v) is 1.56. The molecule has 0 aliphatic heterocycles. The highest BCUT2D eigenvalue weighted by Crippen LogP contribution is 2.16. The molecule has 0 fully saturated rings. The third-order valence-corrected chi connectivity index (χ3v) is 2.48. The molecule has 0 radical (unpaired) electrons. The SMILES string of the molecule is CCCn1c(N)c(NCC(C)(C)C)c(=O)[nH]c1=O. The molecule has 0 saturated carbocycles. The minimum Gasteiger partial charge on any atom is -0.383 e. The van der Waals surface area contributed by atoms with Crippen molar-refractivity contribution in [1.29, 1.82) is 0 Å². The van der Waals surface area contributed by atoms with Gasteiger partial charge in [-0.3, -0.25) is 14.3 Å². The molecular formula is C12H22N4O2. The zero-order chi connectivity index (χ0) is 13.9. The van der Waals surface area contributed by atoms with E-state index >= 15 is 0 Å². The molecule has 0 aromatic carbocycles. The topological polar surface area (TPSA) is 92.9 Å². The standard InChI is InChI=1S/C12H22N4O2/c1-5-6-16-9(13)8(10(17)15-11(16)18)14-7-12(2,3)4/h14H,5-7,13H2,1-4H3,(H,15,17,18). The lowest BCUT2D eigenvalue weighted by molar-refractivity contribution is 0.442. The summed E-state index contributed by atoms with van der Waals surface area (Å²) in [5.41, 5.74) is 5.25. The van der Waals surface area contributed by atoms with Crippen LogP contribution in [-0.4, -0.2) is 16.1 Å². The number of hydrogen-bond acceptors (Lipinski definition) is 4. The molecule has 4 N–H and O–H groups in total. The zero-order valence-corrected chi connectivity index (χ0v) is 11.5. The monoisotopic (exact) mass is 254 g/mol. The first-order chi connectivity index (χ1) is 8.26. The number of anilines is 2. The summed E-state index contributed by atoms with van der Waals surface area (Å²) in [6.45, 7) is 9.18. The van der Waals surface area contributed by atoms with Crippen molar-refractivity contribution in [3.8, 4) is 0 Å². The lowest BCUT2D eigenvalue weighted by atomic mass is 9.97. The van der Waals surface area contributed by atoms with Crippen LogP contribution in [0, 0.1) is 5.41 Å². The van der Waals surface area contributed by atoms with Crippen LogP contribution >= 0.6 is 0 Å². The Morgan fingerprint density at radius 2 is 1.94 bits per heavy atom. The second-order valence-corrected chi connectivity index (χ2v) is 5.59. The van der Waals surface area contributed by atoms with Crippen LogP contribution in [0.4, 0.5) is 11.5 Å². The van der Waals surface area contributed by atoms with Gasteiger partial charge in [-0.2, -0.15) is 0 Å². The molecule has 0 saturated heterocycles. The van der Waals surface area contributed by atoms with Crippen LogP contribution in [0.1, 0.15) is 34.1 Å². The van der Waals surface area contributed by atoms with Crippen LogP contribution in [-0.2, 0) is 6.54 Å². The maximum Gasteiger partial charge on any atom is 0.330 e. The molecule has 1 aromatic rings. The Hall–Kier alpha value is -1.72. The Morgan fingerprint density at radius 1 is 1.33 bits per heavy atom. The maximum atomic E-state index is 11.7. The Morgan fingerprint density at radius 3 is 2.44 bits per heavy atom. The predicted molar refractivity (Wildman–Crippen MR) is 74.0 cm³/mol. The molecule has 1 heterocycles. The van der Waals surface area contributed by atoms with Crippen LogP contribution in [0.3, 0.4) is 0 Å². The average molecular weight is 254 g/mol. The number of H-pyrrole nitrogens is 1. The van der Waals surface area contributed by atoms with E-state index in [1.165, 1.54) is 4.57 Å². The van der Waals surface area contributed by atoms with E-state index in [-0.39, 0.29) is 16.9 Å². The van der Waals surface area contributed by atoms with Crippen LogP contribution < -0.4 is 22.3 Å². The van der Waals surface area contributed by atoms with Crippen LogP contribution in [0.15, 0.2) is 9.59 Å². The second-order valence-electron chi connectivity index (χ2n) is 5.59. The first-order valence-corrected chi connectivity index (χ1v) is 6.12. The van der Waals surface area contributed by atoms with E-state index in [2.05, 4.69) is 10.3 Å². The zero-order valence-electron chi connectivity index (χ0n) is 11.5. The molecule has 18 heavy (non-hydrogen) atoms. The van der Waals surface area contributed by atoms with Gasteiger partial charge in [-0.25, -0.2) is 4.79 Å². The van der Waals surface area contributed by atoms with Gasteiger partial charge in [0.15, 0.2) is 0 Å². The second kappa shape index (κ2) is 5.29. The van der Waals surface area contributed by atoms with Crippen LogP contribution in [0.25, 0.3) is 0 Å². The molecule has 102 valence electrons. The highest BCUT2D eigenvalue weighted by molar-refractivity contribution is 5.60. The largest absolute Gasteiger partial charge is 0.383 e. The van der Waals surface area contributed by atoms with Crippen molar-refractivity contribution in [3.63, 3.8) is 0 Å². The number of nitrogens with zero attached hydrogens (tertiary/aromatic N) is 1. The molecule has 0 bridgehead atoms. The predicted octanol–water partition coefficient (Wildman–Crippen LogP) is 0.987. The fourth-order valence-electron chi connectivity index (χ4n) is 1.56. The summed E-state index contributed by atoms with van der Waals surface area (Å²) in [6, 6.07) is 0. The number of hydrogen-bond donors (Lipinski definition) is 3. The van der Waals surface area contributed by atoms with Gasteiger partial charge < -0.3 is 11.1 Å². The van der Waals surface area contributed by atoms with Crippen molar-refractivity contribution in [3.05, 3.63) is 20.8 Å². The average Bonchev–Trinajstić information content (AvgIpc) is 2.22. The van der Waals surface area contributed by atoms with Crippen LogP contribution in [0.2, 0.25) is 0 Å². The molecule has 0 atom stereocenters. The number of nitrogens with two attached hydrogens (primary N) is 1. The lowest BCUT2D eigenvalue weighted by Gasteiger charge is -2.20. The number of aromatic amines is 1. The summed E-state index contributed by atoms with van der Waals surface area (Å²) in [6.07, 6.45) is 0.773. The smallest absolute Gasteiger partial charge is 0.330 e. The summed E-state index contributed by atoms with van der Waals surface area (Å²) in [4.78, 5) is 25.6. The Kier molecular flexibility index (Phi) is 4.21. The number of nitrogens with one attached hydrogen (secondary N) is 2. The van der Waals surface area contributed by atoms with E-state index in [1.54, 1.807) is 0 Å². The first kappa shape index (κ1) is 14.3. The number of nitrogen functional groups attached to an aromatic ring is 1. The third-order valence-electron chi connectivity index (χ3n) is 2.48. The Balaban J connectivity index is 3.16. The van der Waals surface area contributed by atoms with E-state index in [4.69, 9.17) is 5.73 Å². The van der Waals surface area contributed by atoms with E-state index in [0.717, 1.165) is 6.42 Å². The van der Waals surface area contributed by atoms with Gasteiger partial charge >= 0.3 is 5.69 Å². The van der Waals surface area contributed by atoms with Gasteiger partial charge in [0.2, 0.25) is 0 Å². The summed E-state index contributed by atoms with van der Waals surface area (Å²) < 4.78 is 1.38. The van der Waals surface area contributed by atoms with Gasteiger partial charge in [-0.15, -0.1) is 0 Å². The van der Waals surface area contributed by atoms with Crippen LogP contribution in [0.5, 0.6) is 0 Å². The summed E-state index contributed by atoms with van der Waals surface area (Å²) in [5.74, 6) is 0.204. The highest BCUT2D eigenvalue weighted by Gasteiger charge is 2.15. The molecular weight excluding hydrogens is 232 g/mol. The van der Waals surface area contributed by atoms with Crippen molar-refractivity contribution >= 4 is 11.5 Å². The highest BCUT2D eigenvalue weighted by atomic mass is 16.2. The maximum absolute atomic E-state index is 11.7. The minimum atomic E-state index is -0.464. The molecule has 6 heteroatoms. The van der Waals surface area contributed by atoms with E-state index in [1.807, 2.05) is 27.7 Å². The van der Waals surface area contributed by atoms with Crippen molar-refractivity contribution < 1.29 is 0 Å². The molecule has 0 aliphatic rings. The van der Waals surface area contributed by atoms with Gasteiger partial charge in [0, 0.05) is 13.1 Å². The first-order valence-electron chi connectivity index (χ1n) is 6.12. The summed E-state index contributed by atoms with van der Waals surface area (Å²) in [7, 11) is 0. The lowest BCUT2D eigenvalue weighted by Crippen LogP contribution is -2.35. The van der Waals surface area contributed by atoms with Gasteiger partial charge in [0.05, 0.1) is 0 Å². The molecule has 1 aromatic heterocycles. The van der Waals surface area contributed by atoms with E-state index in [0.29, 0.717) is 13.1 Å². The third kappa shape index (κ3) is 3.38. The summed E-state index contributed by atoms with van der Waals surface area (Å²) >= 11 is 0. The summed E-state index contributed by atoms with van der Waals surface area (Å²) in [5, 5.41) is 3.02. The number of aromatic nitrogens is 2. The molecule has 0 spiro atoms. The fraction of sp³-hybridized carbons (Fsp3) is 0.667. The van der Waals surface area contributed by atoms with Gasteiger partial charge in [0.1, 0.15) is 11.5 Å². The Bertz CT molecular complexity index is 522. The van der Waals surface area contributed by atoms with Crippen molar-refractivity contribution in [1.82, 2.24) is 9.55 Å². The van der Waals surface area contributed by atoms with Gasteiger partial charge in [0.25, 0.3) is 5.56 Å². The molecule has 6 nitrogen and oxygen atoms in total. The minimum absolute atomic E-state index is 0.0185. The number of rotatable bonds is 4. The van der Waals surface area contributed by atoms with Gasteiger partial charge in [-0.1, -0.05) is 27.7 Å².